The Morgan fingerprint density at radius 3 is 1.12 bits per heavy atom. The van der Waals surface area contributed by atoms with Gasteiger partial charge in [0, 0.05) is 70.8 Å². The van der Waals surface area contributed by atoms with Gasteiger partial charge >= 0.3 is 0 Å². The highest BCUT2D eigenvalue weighted by Crippen LogP contribution is 2.35. The minimum atomic E-state index is 0. The molecule has 6 aliphatic heterocycles. The van der Waals surface area contributed by atoms with Crippen LogP contribution in [0.15, 0.2) is 73.4 Å². The summed E-state index contributed by atoms with van der Waals surface area (Å²) in [7, 11) is 0. The molecule has 2 aromatic rings. The third-order valence-corrected chi connectivity index (χ3v) is 8.94. The van der Waals surface area contributed by atoms with E-state index in [0.29, 0.717) is 12.1 Å². The highest BCUT2D eigenvalue weighted by atomic mass is 79.9. The van der Waals surface area contributed by atoms with Gasteiger partial charge in [0.2, 0.25) is 0 Å². The average molecular weight is 663 g/mol. The molecule has 2 atom stereocenters. The van der Waals surface area contributed by atoms with E-state index in [9.17, 15) is 0 Å². The molecule has 8 rings (SSSR count). The first-order valence-corrected chi connectivity index (χ1v) is 13.9. The Labute approximate surface area is 258 Å². The van der Waals surface area contributed by atoms with Gasteiger partial charge in [0.05, 0.1) is 22.7 Å². The number of anilines is 4. The third-order valence-electron chi connectivity index (χ3n) is 8.94. The van der Waals surface area contributed by atoms with Gasteiger partial charge in [-0.05, 0) is 88.1 Å². The molecule has 0 N–H and O–H groups in total. The normalized spacial score (nSPS) is 21.9. The molecule has 0 saturated carbocycles. The highest BCUT2D eigenvalue weighted by molar-refractivity contribution is 8.93. The van der Waals surface area contributed by atoms with Gasteiger partial charge < -0.3 is 19.6 Å². The van der Waals surface area contributed by atoms with Crippen LogP contribution < -0.4 is 40.5 Å². The lowest BCUT2D eigenvalue weighted by Crippen LogP contribution is -2.49. The van der Waals surface area contributed by atoms with Gasteiger partial charge in [0.15, 0.2) is 0 Å². The Balaban J connectivity index is 0.000000154. The molecule has 0 fully saturated rings. The smallest absolute Gasteiger partial charge is 0.0733 e. The van der Waals surface area contributed by atoms with Gasteiger partial charge in [-0.25, -0.2) is 0 Å². The number of hydrogen-bond donors (Lipinski definition) is 0. The Bertz CT molecular complexity index is 1650. The fourth-order valence-corrected chi connectivity index (χ4v) is 6.77. The first-order valence-electron chi connectivity index (χ1n) is 13.9. The topological polar surface area (TPSA) is 13.0 Å². The number of allylic oxidation sites excluding steroid dienone is 4. The van der Waals surface area contributed by atoms with E-state index in [1.54, 1.807) is 0 Å². The van der Waals surface area contributed by atoms with Crippen LogP contribution in [0.5, 0.6) is 0 Å². The van der Waals surface area contributed by atoms with Crippen LogP contribution in [0, 0.1) is 0 Å². The summed E-state index contributed by atoms with van der Waals surface area (Å²) in [5, 5.41) is 5.50. The zero-order valence-electron chi connectivity index (χ0n) is 24.1. The van der Waals surface area contributed by atoms with Crippen molar-refractivity contribution in [1.29, 1.82) is 0 Å². The Kier molecular flexibility index (Phi) is 7.47. The quantitative estimate of drug-likeness (QED) is 0.378. The fourth-order valence-electron chi connectivity index (χ4n) is 6.77. The molecule has 208 valence electrons. The van der Waals surface area contributed by atoms with Crippen molar-refractivity contribution in [3.05, 3.63) is 94.2 Å². The Morgan fingerprint density at radius 2 is 0.775 bits per heavy atom. The molecule has 0 saturated heterocycles. The summed E-state index contributed by atoms with van der Waals surface area (Å²) in [5.74, 6) is 0. The van der Waals surface area contributed by atoms with Crippen LogP contribution in [-0.2, 0) is 0 Å². The van der Waals surface area contributed by atoms with E-state index < -0.39 is 0 Å². The summed E-state index contributed by atoms with van der Waals surface area (Å²) in [4.78, 5) is 9.69. The molecule has 0 radical (unpaired) electrons. The first kappa shape index (κ1) is 28.6. The van der Waals surface area contributed by atoms with Crippen molar-refractivity contribution in [2.75, 3.05) is 32.7 Å². The lowest BCUT2D eigenvalue weighted by Gasteiger charge is -2.43. The van der Waals surface area contributed by atoms with Crippen molar-refractivity contribution in [2.24, 2.45) is 0 Å². The highest BCUT2D eigenvalue weighted by Gasteiger charge is 2.31. The molecule has 6 heterocycles. The number of rotatable bonds is 0. The molecule has 4 nitrogen and oxygen atoms in total. The third kappa shape index (κ3) is 4.14. The van der Waals surface area contributed by atoms with Crippen LogP contribution in [0.2, 0.25) is 0 Å². The van der Waals surface area contributed by atoms with E-state index >= 15 is 0 Å². The van der Waals surface area contributed by atoms with Gasteiger partial charge in [0.25, 0.3) is 0 Å². The summed E-state index contributed by atoms with van der Waals surface area (Å²) < 4.78 is 0. The van der Waals surface area contributed by atoms with Crippen molar-refractivity contribution in [3.8, 4) is 0 Å². The van der Waals surface area contributed by atoms with Crippen LogP contribution in [0.1, 0.15) is 41.5 Å². The lowest BCUT2D eigenvalue weighted by molar-refractivity contribution is 0.671. The number of nitrogens with zero attached hydrogens (tertiary/aromatic N) is 4. The van der Waals surface area contributed by atoms with Gasteiger partial charge in [-0.15, -0.1) is 34.0 Å². The van der Waals surface area contributed by atoms with Gasteiger partial charge in [-0.2, -0.15) is 0 Å². The summed E-state index contributed by atoms with van der Waals surface area (Å²) in [6, 6.07) is 10.1. The molecule has 6 heteroatoms. The number of hydrogen-bond acceptors (Lipinski definition) is 4. The predicted octanol–water partition coefficient (Wildman–Crippen LogP) is 5.35. The second-order valence-corrected chi connectivity index (χ2v) is 11.5. The molecular formula is C34H38Br2N4. The summed E-state index contributed by atoms with van der Waals surface area (Å²) in [6.45, 7) is 15.5. The van der Waals surface area contributed by atoms with E-state index in [0.717, 1.165) is 13.1 Å². The van der Waals surface area contributed by atoms with E-state index in [2.05, 4.69) is 135 Å². The minimum Gasteiger partial charge on any atom is -0.344 e. The van der Waals surface area contributed by atoms with E-state index in [1.165, 1.54) is 65.9 Å². The second kappa shape index (κ2) is 10.5. The van der Waals surface area contributed by atoms with Gasteiger partial charge in [-0.3, -0.25) is 0 Å². The minimum absolute atomic E-state index is 0. The van der Waals surface area contributed by atoms with Crippen LogP contribution in [0.3, 0.4) is 0 Å². The number of halogens is 2. The molecule has 0 aliphatic carbocycles. The van der Waals surface area contributed by atoms with Crippen molar-refractivity contribution in [2.45, 2.75) is 53.6 Å². The first-order chi connectivity index (χ1) is 18.3. The molecule has 0 amide bonds. The second-order valence-electron chi connectivity index (χ2n) is 11.5. The van der Waals surface area contributed by atoms with Crippen molar-refractivity contribution in [3.63, 3.8) is 0 Å². The van der Waals surface area contributed by atoms with Crippen LogP contribution in [0.25, 0.3) is 22.3 Å². The van der Waals surface area contributed by atoms with Crippen LogP contribution >= 0.6 is 34.0 Å². The van der Waals surface area contributed by atoms with Crippen molar-refractivity contribution >= 4 is 79.0 Å². The van der Waals surface area contributed by atoms with E-state index in [-0.39, 0.29) is 34.0 Å². The van der Waals surface area contributed by atoms with Crippen molar-refractivity contribution < 1.29 is 0 Å². The zero-order chi connectivity index (χ0) is 26.3. The lowest BCUT2D eigenvalue weighted by atomic mass is 9.96. The van der Waals surface area contributed by atoms with Crippen molar-refractivity contribution in [1.82, 2.24) is 0 Å². The molecule has 0 spiro atoms. The molecule has 0 aromatic heterocycles. The zero-order valence-corrected chi connectivity index (χ0v) is 27.5. The number of benzene rings is 2. The molecule has 2 unspecified atom stereocenters. The van der Waals surface area contributed by atoms with Gasteiger partial charge in [0.1, 0.15) is 0 Å². The molecule has 2 aromatic carbocycles. The standard InChI is InChI=1S/2C17H18N2.2BrH/c2*1-11-6-8-18-10-13(3)19-9-7-12(2)15-5-4-14(11)16(18)17(15)19;;/h2*4-9,13H,10H2,1-3H3;2*1H. The van der Waals surface area contributed by atoms with Crippen LogP contribution in [0.4, 0.5) is 22.7 Å². The summed E-state index contributed by atoms with van der Waals surface area (Å²) >= 11 is 0. The van der Waals surface area contributed by atoms with E-state index in [4.69, 9.17) is 0 Å². The molecular weight excluding hydrogens is 624 g/mol. The maximum atomic E-state index is 2.43. The molecule has 40 heavy (non-hydrogen) atoms. The van der Waals surface area contributed by atoms with Crippen LogP contribution in [-0.4, -0.2) is 25.2 Å². The largest absolute Gasteiger partial charge is 0.344 e. The average Bonchev–Trinajstić information content (AvgIpc) is 2.91. The molecule has 0 bridgehead atoms. The summed E-state index contributed by atoms with van der Waals surface area (Å²) in [6.07, 6.45) is 17.9. The molecule has 6 aliphatic rings. The summed E-state index contributed by atoms with van der Waals surface area (Å²) in [5.41, 5.74) is 11.0. The fraction of sp³-hybridized carbons (Fsp3) is 0.294. The van der Waals surface area contributed by atoms with Gasteiger partial charge in [-0.1, -0.05) is 24.3 Å². The monoisotopic (exact) mass is 660 g/mol. The Hall–Kier alpha value is -2.96. The van der Waals surface area contributed by atoms with E-state index in [1.807, 2.05) is 0 Å². The Morgan fingerprint density at radius 1 is 0.475 bits per heavy atom. The maximum Gasteiger partial charge on any atom is 0.0733 e. The SMILES string of the molecule is Br.Br.CC1=c2ccc3c4c2N(C=C1)CC(C)N4C=CC=3C.CC1=c2ccc3c4c2N(C=C1)CC(C)N4C=CC=3C. The predicted molar refractivity (Wildman–Crippen MR) is 183 cm³/mol. The maximum absolute atomic E-state index is 2.43.